The Morgan fingerprint density at radius 2 is 2.18 bits per heavy atom. The van der Waals surface area contributed by atoms with Crippen molar-refractivity contribution in [1.29, 1.82) is 0 Å². The Bertz CT molecular complexity index is 513. The van der Waals surface area contributed by atoms with Gasteiger partial charge in [0, 0.05) is 17.8 Å². The minimum atomic E-state index is 0.388. The van der Waals surface area contributed by atoms with Crippen LogP contribution in [0, 0.1) is 0 Å². The molecular weight excluding hydrogens is 214 g/mol. The minimum absolute atomic E-state index is 0.388. The van der Waals surface area contributed by atoms with E-state index in [1.807, 2.05) is 25.2 Å². The van der Waals surface area contributed by atoms with Gasteiger partial charge in [0.15, 0.2) is 0 Å². The van der Waals surface area contributed by atoms with Crippen molar-refractivity contribution in [2.45, 2.75) is 19.4 Å². The Labute approximate surface area is 101 Å². The number of rotatable bonds is 4. The molecule has 2 aromatic rings. The van der Waals surface area contributed by atoms with E-state index in [1.165, 1.54) is 0 Å². The van der Waals surface area contributed by atoms with Gasteiger partial charge in [-0.2, -0.15) is 0 Å². The lowest BCUT2D eigenvalue weighted by Crippen LogP contribution is -2.24. The zero-order chi connectivity index (χ0) is 12.3. The van der Waals surface area contributed by atoms with Crippen LogP contribution in [0.4, 0.5) is 0 Å². The number of methoxy groups -OCH3 is 1. The largest absolute Gasteiger partial charge is 0.494 e. The fourth-order valence-electron chi connectivity index (χ4n) is 1.83. The van der Waals surface area contributed by atoms with E-state index in [-0.39, 0.29) is 0 Å². The number of hydrogen-bond acceptors (Lipinski definition) is 4. The molecule has 1 aromatic heterocycles. The smallest absolute Gasteiger partial charge is 0.145 e. The zero-order valence-electron chi connectivity index (χ0n) is 10.4. The Hall–Kier alpha value is -1.68. The summed E-state index contributed by atoms with van der Waals surface area (Å²) < 4.78 is 5.31. The predicted molar refractivity (Wildman–Crippen MR) is 68.3 cm³/mol. The van der Waals surface area contributed by atoms with Crippen LogP contribution in [0.5, 0.6) is 5.75 Å². The number of likely N-dealkylation sites (N-methyl/N-ethyl adjacent to an activating group) is 1. The van der Waals surface area contributed by atoms with Gasteiger partial charge in [-0.1, -0.05) is 12.1 Å². The molecule has 0 aliphatic carbocycles. The SMILES string of the molecule is CNC(C)Cc1ncnc2c(OC)cccc12. The van der Waals surface area contributed by atoms with Gasteiger partial charge in [0.2, 0.25) is 0 Å². The summed E-state index contributed by atoms with van der Waals surface area (Å²) >= 11 is 0. The Morgan fingerprint density at radius 1 is 1.35 bits per heavy atom. The third-order valence-corrected chi connectivity index (χ3v) is 2.92. The van der Waals surface area contributed by atoms with Crippen molar-refractivity contribution in [3.05, 3.63) is 30.2 Å². The van der Waals surface area contributed by atoms with Crippen molar-refractivity contribution in [3.63, 3.8) is 0 Å². The molecule has 17 heavy (non-hydrogen) atoms. The first-order chi connectivity index (χ1) is 8.26. The highest BCUT2D eigenvalue weighted by Crippen LogP contribution is 2.24. The molecule has 0 saturated heterocycles. The molecule has 2 rings (SSSR count). The maximum atomic E-state index is 5.31. The average molecular weight is 231 g/mol. The minimum Gasteiger partial charge on any atom is -0.494 e. The number of benzene rings is 1. The summed E-state index contributed by atoms with van der Waals surface area (Å²) in [5, 5.41) is 4.28. The lowest BCUT2D eigenvalue weighted by molar-refractivity contribution is 0.418. The van der Waals surface area contributed by atoms with Gasteiger partial charge in [-0.25, -0.2) is 9.97 Å². The molecule has 0 radical (unpaired) electrons. The number of para-hydroxylation sites is 1. The lowest BCUT2D eigenvalue weighted by atomic mass is 10.1. The fourth-order valence-corrected chi connectivity index (χ4v) is 1.83. The maximum Gasteiger partial charge on any atom is 0.145 e. The summed E-state index contributed by atoms with van der Waals surface area (Å²) in [5.74, 6) is 0.795. The number of aromatic nitrogens is 2. The number of ether oxygens (including phenoxy) is 1. The van der Waals surface area contributed by atoms with Crippen LogP contribution < -0.4 is 10.1 Å². The molecule has 4 heteroatoms. The van der Waals surface area contributed by atoms with Crippen molar-refractivity contribution in [3.8, 4) is 5.75 Å². The first-order valence-corrected chi connectivity index (χ1v) is 5.70. The van der Waals surface area contributed by atoms with Gasteiger partial charge in [0.1, 0.15) is 17.6 Å². The molecule has 1 heterocycles. The van der Waals surface area contributed by atoms with Gasteiger partial charge < -0.3 is 10.1 Å². The van der Waals surface area contributed by atoms with Crippen molar-refractivity contribution >= 4 is 10.9 Å². The molecule has 1 N–H and O–H groups in total. The molecule has 0 amide bonds. The average Bonchev–Trinajstić information content (AvgIpc) is 2.38. The maximum absolute atomic E-state index is 5.31. The number of hydrogen-bond donors (Lipinski definition) is 1. The molecule has 90 valence electrons. The molecule has 1 unspecified atom stereocenters. The quantitative estimate of drug-likeness (QED) is 0.871. The van der Waals surface area contributed by atoms with Gasteiger partial charge in [0.05, 0.1) is 12.8 Å². The first-order valence-electron chi connectivity index (χ1n) is 5.70. The van der Waals surface area contributed by atoms with E-state index in [2.05, 4.69) is 22.2 Å². The van der Waals surface area contributed by atoms with Crippen LogP contribution in [0.3, 0.4) is 0 Å². The van der Waals surface area contributed by atoms with Crippen LogP contribution in [0.25, 0.3) is 10.9 Å². The van der Waals surface area contributed by atoms with E-state index in [1.54, 1.807) is 13.4 Å². The van der Waals surface area contributed by atoms with Gasteiger partial charge >= 0.3 is 0 Å². The Morgan fingerprint density at radius 3 is 2.88 bits per heavy atom. The monoisotopic (exact) mass is 231 g/mol. The Kier molecular flexibility index (Phi) is 3.54. The normalized spacial score (nSPS) is 12.6. The highest BCUT2D eigenvalue weighted by atomic mass is 16.5. The van der Waals surface area contributed by atoms with Gasteiger partial charge in [-0.3, -0.25) is 0 Å². The van der Waals surface area contributed by atoms with Gasteiger partial charge in [0.25, 0.3) is 0 Å². The highest BCUT2D eigenvalue weighted by molar-refractivity contribution is 5.86. The first kappa shape index (κ1) is 11.8. The number of nitrogens with one attached hydrogen (secondary N) is 1. The standard InChI is InChI=1S/C13H17N3O/c1-9(14-2)7-11-10-5-4-6-12(17-3)13(10)16-8-15-11/h4-6,8-9,14H,7H2,1-3H3. The second-order valence-corrected chi connectivity index (χ2v) is 4.07. The topological polar surface area (TPSA) is 47.0 Å². The molecule has 4 nitrogen and oxygen atoms in total. The van der Waals surface area contributed by atoms with E-state index < -0.39 is 0 Å². The highest BCUT2D eigenvalue weighted by Gasteiger charge is 2.09. The molecular formula is C13H17N3O. The molecule has 0 bridgehead atoms. The zero-order valence-corrected chi connectivity index (χ0v) is 10.4. The number of nitrogens with zero attached hydrogens (tertiary/aromatic N) is 2. The van der Waals surface area contributed by atoms with Crippen LogP contribution in [0.2, 0.25) is 0 Å². The van der Waals surface area contributed by atoms with Crippen molar-refractivity contribution in [2.24, 2.45) is 0 Å². The lowest BCUT2D eigenvalue weighted by Gasteiger charge is -2.12. The summed E-state index contributed by atoms with van der Waals surface area (Å²) in [6.07, 6.45) is 2.48. The van der Waals surface area contributed by atoms with E-state index in [9.17, 15) is 0 Å². The molecule has 0 aliphatic rings. The van der Waals surface area contributed by atoms with E-state index in [4.69, 9.17) is 4.74 Å². The summed E-state index contributed by atoms with van der Waals surface area (Å²) in [6.45, 7) is 2.13. The second kappa shape index (κ2) is 5.10. The predicted octanol–water partition coefficient (Wildman–Crippen LogP) is 1.79. The van der Waals surface area contributed by atoms with Crippen LogP contribution in [-0.2, 0) is 6.42 Å². The van der Waals surface area contributed by atoms with Crippen LogP contribution in [-0.4, -0.2) is 30.2 Å². The third-order valence-electron chi connectivity index (χ3n) is 2.92. The van der Waals surface area contributed by atoms with E-state index >= 15 is 0 Å². The van der Waals surface area contributed by atoms with Gasteiger partial charge in [-0.15, -0.1) is 0 Å². The molecule has 1 aromatic carbocycles. The molecule has 0 aliphatic heterocycles. The van der Waals surface area contributed by atoms with Crippen LogP contribution >= 0.6 is 0 Å². The molecule has 0 saturated carbocycles. The molecule has 0 spiro atoms. The van der Waals surface area contributed by atoms with Crippen LogP contribution in [0.15, 0.2) is 24.5 Å². The second-order valence-electron chi connectivity index (χ2n) is 4.07. The summed E-state index contributed by atoms with van der Waals surface area (Å²) in [7, 11) is 3.61. The van der Waals surface area contributed by atoms with Gasteiger partial charge in [-0.05, 0) is 20.0 Å². The van der Waals surface area contributed by atoms with Crippen molar-refractivity contribution < 1.29 is 4.74 Å². The van der Waals surface area contributed by atoms with E-state index in [0.717, 1.165) is 28.8 Å². The number of fused-ring (bicyclic) bond motifs is 1. The van der Waals surface area contributed by atoms with Crippen molar-refractivity contribution in [1.82, 2.24) is 15.3 Å². The fraction of sp³-hybridized carbons (Fsp3) is 0.385. The summed E-state index contributed by atoms with van der Waals surface area (Å²) in [6, 6.07) is 6.31. The molecule has 1 atom stereocenters. The molecule has 0 fully saturated rings. The summed E-state index contributed by atoms with van der Waals surface area (Å²) in [4.78, 5) is 8.65. The van der Waals surface area contributed by atoms with Crippen LogP contribution in [0.1, 0.15) is 12.6 Å². The van der Waals surface area contributed by atoms with E-state index in [0.29, 0.717) is 6.04 Å². The Balaban J connectivity index is 2.50. The third kappa shape index (κ3) is 2.36. The summed E-state index contributed by atoms with van der Waals surface area (Å²) in [5.41, 5.74) is 1.93. The van der Waals surface area contributed by atoms with Crippen molar-refractivity contribution in [2.75, 3.05) is 14.2 Å².